The van der Waals surface area contributed by atoms with E-state index in [0.717, 1.165) is 37.2 Å². The summed E-state index contributed by atoms with van der Waals surface area (Å²) in [5, 5.41) is 7.60. The Morgan fingerprint density at radius 1 is 1.41 bits per heavy atom. The molecule has 0 saturated carbocycles. The Kier molecular flexibility index (Phi) is 2.48. The average molecular weight is 232 g/mol. The van der Waals surface area contributed by atoms with Crippen molar-refractivity contribution < 1.29 is 4.74 Å². The van der Waals surface area contributed by atoms with E-state index in [9.17, 15) is 0 Å². The molecular formula is C12H16N4O. The van der Waals surface area contributed by atoms with Crippen molar-refractivity contribution in [2.24, 2.45) is 5.73 Å². The Hall–Kier alpha value is -1.62. The van der Waals surface area contributed by atoms with Gasteiger partial charge in [0.25, 0.3) is 0 Å². The molecule has 1 aromatic heterocycles. The summed E-state index contributed by atoms with van der Waals surface area (Å²) in [5.41, 5.74) is 7.33. The molecule has 3 rings (SSSR count). The van der Waals surface area contributed by atoms with Gasteiger partial charge in [-0.25, -0.2) is 0 Å². The fraction of sp³-hybridized carbons (Fsp3) is 0.500. The molecule has 5 nitrogen and oxygen atoms in total. The van der Waals surface area contributed by atoms with E-state index < -0.39 is 0 Å². The molecule has 2 bridgehead atoms. The highest BCUT2D eigenvalue weighted by molar-refractivity contribution is 6.00. The number of aromatic nitrogens is 1. The van der Waals surface area contributed by atoms with E-state index in [2.05, 4.69) is 9.88 Å². The molecule has 0 aromatic carbocycles. The van der Waals surface area contributed by atoms with Crippen molar-refractivity contribution in [3.05, 3.63) is 24.0 Å². The highest BCUT2D eigenvalue weighted by Gasteiger charge is 2.34. The standard InChI is InChI=1S/C12H16N4O/c13-12(14)10-3-4-15-5-11(10)16-6-8-1-2-9(7-16)17-8/h3-5,8-9H,1-2,6-7H2,(H3,13,14). The maximum Gasteiger partial charge on any atom is 0.125 e. The predicted molar refractivity (Wildman–Crippen MR) is 65.4 cm³/mol. The molecule has 2 aliphatic heterocycles. The van der Waals surface area contributed by atoms with Crippen LogP contribution in [-0.4, -0.2) is 36.1 Å². The van der Waals surface area contributed by atoms with Crippen molar-refractivity contribution in [2.45, 2.75) is 25.0 Å². The van der Waals surface area contributed by atoms with Crippen LogP contribution in [0.2, 0.25) is 0 Å². The number of nitrogens with one attached hydrogen (secondary N) is 1. The highest BCUT2D eigenvalue weighted by atomic mass is 16.5. The Labute approximate surface area is 100 Å². The van der Waals surface area contributed by atoms with Crippen LogP contribution < -0.4 is 10.6 Å². The number of nitrogens with two attached hydrogens (primary N) is 1. The number of fused-ring (bicyclic) bond motifs is 2. The number of nitrogen functional groups attached to an aromatic ring is 1. The smallest absolute Gasteiger partial charge is 0.125 e. The summed E-state index contributed by atoms with van der Waals surface area (Å²) in [5.74, 6) is 0.0984. The second-order valence-corrected chi connectivity index (χ2v) is 4.67. The summed E-state index contributed by atoms with van der Waals surface area (Å²) in [6.45, 7) is 1.75. The van der Waals surface area contributed by atoms with Crippen molar-refractivity contribution in [1.29, 1.82) is 5.41 Å². The molecule has 1 aromatic rings. The lowest BCUT2D eigenvalue weighted by molar-refractivity contribution is 0.0304. The number of rotatable bonds is 2. The average Bonchev–Trinajstić information content (AvgIpc) is 2.68. The molecule has 17 heavy (non-hydrogen) atoms. The molecule has 5 heteroatoms. The maximum absolute atomic E-state index is 7.60. The summed E-state index contributed by atoms with van der Waals surface area (Å²) in [6.07, 6.45) is 6.40. The third-order valence-corrected chi connectivity index (χ3v) is 3.47. The molecule has 0 spiro atoms. The summed E-state index contributed by atoms with van der Waals surface area (Å²) < 4.78 is 5.80. The predicted octanol–water partition coefficient (Wildman–Crippen LogP) is 0.733. The molecule has 3 heterocycles. The lowest BCUT2D eigenvalue weighted by atomic mass is 10.1. The van der Waals surface area contributed by atoms with Crippen molar-refractivity contribution in [1.82, 2.24) is 4.98 Å². The first-order chi connectivity index (χ1) is 8.24. The fourth-order valence-corrected chi connectivity index (χ4v) is 2.68. The number of hydrogen-bond acceptors (Lipinski definition) is 4. The lowest BCUT2D eigenvalue weighted by Crippen LogP contribution is -2.43. The van der Waals surface area contributed by atoms with Crippen LogP contribution in [0.3, 0.4) is 0 Å². The zero-order valence-corrected chi connectivity index (χ0v) is 9.60. The van der Waals surface area contributed by atoms with Gasteiger partial charge in [0.05, 0.1) is 24.1 Å². The quantitative estimate of drug-likeness (QED) is 0.582. The van der Waals surface area contributed by atoms with Gasteiger partial charge in [0, 0.05) is 24.8 Å². The number of amidine groups is 1. The molecule has 2 fully saturated rings. The third-order valence-electron chi connectivity index (χ3n) is 3.47. The lowest BCUT2D eigenvalue weighted by Gasteiger charge is -2.34. The van der Waals surface area contributed by atoms with Gasteiger partial charge in [-0.2, -0.15) is 0 Å². The topological polar surface area (TPSA) is 75.2 Å². The molecule has 90 valence electrons. The monoisotopic (exact) mass is 232 g/mol. The normalized spacial score (nSPS) is 27.2. The van der Waals surface area contributed by atoms with E-state index in [-0.39, 0.29) is 5.84 Å². The van der Waals surface area contributed by atoms with Gasteiger partial charge >= 0.3 is 0 Å². The van der Waals surface area contributed by atoms with Gasteiger partial charge in [0.15, 0.2) is 0 Å². The Morgan fingerprint density at radius 2 is 2.12 bits per heavy atom. The molecular weight excluding hydrogens is 216 g/mol. The molecule has 2 aliphatic rings. The summed E-state index contributed by atoms with van der Waals surface area (Å²) in [6, 6.07) is 1.80. The number of morpholine rings is 1. The van der Waals surface area contributed by atoms with Crippen LogP contribution in [0.1, 0.15) is 18.4 Å². The summed E-state index contributed by atoms with van der Waals surface area (Å²) in [7, 11) is 0. The first-order valence-corrected chi connectivity index (χ1v) is 5.93. The number of nitrogens with zero attached hydrogens (tertiary/aromatic N) is 2. The third kappa shape index (κ3) is 1.86. The maximum atomic E-state index is 7.60. The van der Waals surface area contributed by atoms with Crippen LogP contribution in [0.5, 0.6) is 0 Å². The van der Waals surface area contributed by atoms with Crippen LogP contribution in [-0.2, 0) is 4.74 Å². The van der Waals surface area contributed by atoms with E-state index in [0.29, 0.717) is 12.2 Å². The van der Waals surface area contributed by atoms with Crippen LogP contribution in [0.15, 0.2) is 18.5 Å². The van der Waals surface area contributed by atoms with Crippen molar-refractivity contribution in [2.75, 3.05) is 18.0 Å². The molecule has 2 saturated heterocycles. The number of pyridine rings is 1. The summed E-state index contributed by atoms with van der Waals surface area (Å²) in [4.78, 5) is 6.38. The van der Waals surface area contributed by atoms with Gasteiger partial charge in [0.1, 0.15) is 5.84 Å². The van der Waals surface area contributed by atoms with E-state index in [1.807, 2.05) is 0 Å². The van der Waals surface area contributed by atoms with Gasteiger partial charge in [-0.15, -0.1) is 0 Å². The minimum absolute atomic E-state index is 0.0984. The van der Waals surface area contributed by atoms with Gasteiger partial charge in [-0.05, 0) is 18.9 Å². The Morgan fingerprint density at radius 3 is 2.76 bits per heavy atom. The minimum atomic E-state index is 0.0984. The minimum Gasteiger partial charge on any atom is -0.384 e. The van der Waals surface area contributed by atoms with E-state index in [4.69, 9.17) is 15.9 Å². The molecule has 0 radical (unpaired) electrons. The van der Waals surface area contributed by atoms with Gasteiger partial charge < -0.3 is 15.4 Å². The van der Waals surface area contributed by atoms with Gasteiger partial charge in [-0.3, -0.25) is 10.4 Å². The number of hydrogen-bond donors (Lipinski definition) is 2. The zero-order valence-electron chi connectivity index (χ0n) is 9.60. The Bertz CT molecular complexity index is 436. The van der Waals surface area contributed by atoms with E-state index in [1.165, 1.54) is 0 Å². The van der Waals surface area contributed by atoms with Crippen LogP contribution >= 0.6 is 0 Å². The second kappa shape index (κ2) is 4.00. The summed E-state index contributed by atoms with van der Waals surface area (Å²) >= 11 is 0. The van der Waals surface area contributed by atoms with Gasteiger partial charge in [-0.1, -0.05) is 0 Å². The Balaban J connectivity index is 1.91. The van der Waals surface area contributed by atoms with E-state index >= 15 is 0 Å². The fourth-order valence-electron chi connectivity index (χ4n) is 2.68. The largest absolute Gasteiger partial charge is 0.384 e. The molecule has 2 unspecified atom stereocenters. The SMILES string of the molecule is N=C(N)c1ccncc1N1CC2CCC(C1)O2. The molecule has 3 N–H and O–H groups in total. The number of ether oxygens (including phenoxy) is 1. The van der Waals surface area contributed by atoms with Crippen molar-refractivity contribution in [3.63, 3.8) is 0 Å². The molecule has 0 aliphatic carbocycles. The van der Waals surface area contributed by atoms with Crippen LogP contribution in [0.4, 0.5) is 5.69 Å². The molecule has 0 amide bonds. The van der Waals surface area contributed by atoms with Crippen molar-refractivity contribution >= 4 is 11.5 Å². The highest BCUT2D eigenvalue weighted by Crippen LogP contribution is 2.30. The number of anilines is 1. The van der Waals surface area contributed by atoms with Crippen LogP contribution in [0, 0.1) is 5.41 Å². The van der Waals surface area contributed by atoms with Crippen molar-refractivity contribution in [3.8, 4) is 0 Å². The zero-order chi connectivity index (χ0) is 11.8. The van der Waals surface area contributed by atoms with Gasteiger partial charge in [0.2, 0.25) is 0 Å². The first-order valence-electron chi connectivity index (χ1n) is 5.93. The first kappa shape index (κ1) is 10.5. The second-order valence-electron chi connectivity index (χ2n) is 4.67. The molecule has 2 atom stereocenters. The van der Waals surface area contributed by atoms with E-state index in [1.54, 1.807) is 18.5 Å². The van der Waals surface area contributed by atoms with Crippen LogP contribution in [0.25, 0.3) is 0 Å².